The molecule has 0 spiro atoms. The van der Waals surface area contributed by atoms with Gasteiger partial charge in [-0.15, -0.1) is 0 Å². The van der Waals surface area contributed by atoms with Gasteiger partial charge in [0.2, 0.25) is 11.8 Å². The number of nitrogens with zero attached hydrogens (tertiary/aromatic N) is 1. The van der Waals surface area contributed by atoms with Gasteiger partial charge in [-0.25, -0.2) is 0 Å². The SMILES string of the molecule is COCCNC(=O)C1(C(=O)Nc2ccccc2C#N)CC1. The van der Waals surface area contributed by atoms with Gasteiger partial charge in [-0.3, -0.25) is 9.59 Å². The van der Waals surface area contributed by atoms with Crippen molar-refractivity contribution in [1.82, 2.24) is 5.32 Å². The van der Waals surface area contributed by atoms with Crippen LogP contribution >= 0.6 is 0 Å². The Hall–Kier alpha value is -2.39. The number of ether oxygens (including phenoxy) is 1. The molecule has 0 aliphatic heterocycles. The molecule has 0 aromatic heterocycles. The molecule has 6 nitrogen and oxygen atoms in total. The first kappa shape index (κ1) is 15.0. The molecule has 0 heterocycles. The van der Waals surface area contributed by atoms with Gasteiger partial charge in [-0.05, 0) is 25.0 Å². The quantitative estimate of drug-likeness (QED) is 0.604. The Labute approximate surface area is 123 Å². The van der Waals surface area contributed by atoms with Crippen molar-refractivity contribution in [3.05, 3.63) is 29.8 Å². The number of benzene rings is 1. The van der Waals surface area contributed by atoms with Crippen LogP contribution in [-0.2, 0) is 14.3 Å². The van der Waals surface area contributed by atoms with Crippen LogP contribution in [0.5, 0.6) is 0 Å². The number of amides is 2. The average molecular weight is 287 g/mol. The Morgan fingerprint density at radius 3 is 2.67 bits per heavy atom. The van der Waals surface area contributed by atoms with Crippen LogP contribution < -0.4 is 10.6 Å². The maximum Gasteiger partial charge on any atom is 0.240 e. The van der Waals surface area contributed by atoms with Crippen molar-refractivity contribution in [2.45, 2.75) is 12.8 Å². The summed E-state index contributed by atoms with van der Waals surface area (Å²) in [6, 6.07) is 8.73. The predicted molar refractivity (Wildman–Crippen MR) is 76.3 cm³/mol. The molecule has 0 radical (unpaired) electrons. The van der Waals surface area contributed by atoms with Crippen molar-refractivity contribution in [3.63, 3.8) is 0 Å². The molecule has 1 saturated carbocycles. The highest BCUT2D eigenvalue weighted by molar-refractivity contribution is 6.13. The summed E-state index contributed by atoms with van der Waals surface area (Å²) in [6.07, 6.45) is 1.04. The molecular weight excluding hydrogens is 270 g/mol. The molecule has 110 valence electrons. The molecule has 2 amide bonds. The summed E-state index contributed by atoms with van der Waals surface area (Å²) in [7, 11) is 1.55. The fourth-order valence-electron chi connectivity index (χ4n) is 2.05. The zero-order valence-electron chi connectivity index (χ0n) is 11.8. The van der Waals surface area contributed by atoms with Gasteiger partial charge < -0.3 is 15.4 Å². The van der Waals surface area contributed by atoms with Crippen molar-refractivity contribution in [2.24, 2.45) is 5.41 Å². The molecule has 0 unspecified atom stereocenters. The fourth-order valence-corrected chi connectivity index (χ4v) is 2.05. The Morgan fingerprint density at radius 2 is 2.05 bits per heavy atom. The van der Waals surface area contributed by atoms with E-state index in [2.05, 4.69) is 10.6 Å². The third-order valence-corrected chi connectivity index (χ3v) is 3.51. The largest absolute Gasteiger partial charge is 0.383 e. The number of carbonyl (C=O) groups is 2. The van der Waals surface area contributed by atoms with E-state index in [4.69, 9.17) is 10.00 Å². The minimum Gasteiger partial charge on any atom is -0.383 e. The van der Waals surface area contributed by atoms with E-state index in [0.29, 0.717) is 37.2 Å². The van der Waals surface area contributed by atoms with Gasteiger partial charge in [0.05, 0.1) is 17.9 Å². The van der Waals surface area contributed by atoms with Crippen molar-refractivity contribution >= 4 is 17.5 Å². The number of hydrogen-bond acceptors (Lipinski definition) is 4. The lowest BCUT2D eigenvalue weighted by Crippen LogP contribution is -2.41. The van der Waals surface area contributed by atoms with E-state index in [1.807, 2.05) is 6.07 Å². The van der Waals surface area contributed by atoms with Crippen LogP contribution in [0.3, 0.4) is 0 Å². The number of nitriles is 1. The molecule has 21 heavy (non-hydrogen) atoms. The molecule has 1 fully saturated rings. The number of methoxy groups -OCH3 is 1. The van der Waals surface area contributed by atoms with Gasteiger partial charge in [-0.1, -0.05) is 12.1 Å². The highest BCUT2D eigenvalue weighted by Crippen LogP contribution is 2.46. The maximum absolute atomic E-state index is 12.3. The highest BCUT2D eigenvalue weighted by atomic mass is 16.5. The normalized spacial score (nSPS) is 14.9. The molecular formula is C15H17N3O3. The van der Waals surface area contributed by atoms with Crippen LogP contribution in [-0.4, -0.2) is 32.1 Å². The van der Waals surface area contributed by atoms with E-state index < -0.39 is 5.41 Å². The first-order valence-electron chi connectivity index (χ1n) is 6.72. The molecule has 2 rings (SSSR count). The molecule has 0 saturated heterocycles. The van der Waals surface area contributed by atoms with Crippen molar-refractivity contribution in [1.29, 1.82) is 5.26 Å². The summed E-state index contributed by atoms with van der Waals surface area (Å²) >= 11 is 0. The van der Waals surface area contributed by atoms with Crippen molar-refractivity contribution in [2.75, 3.05) is 25.6 Å². The molecule has 1 aromatic carbocycles. The van der Waals surface area contributed by atoms with Gasteiger partial charge in [0.1, 0.15) is 11.5 Å². The summed E-state index contributed by atoms with van der Waals surface area (Å²) < 4.78 is 4.86. The summed E-state index contributed by atoms with van der Waals surface area (Å²) in [5.41, 5.74) is -0.196. The number of nitrogens with one attached hydrogen (secondary N) is 2. The Bertz CT molecular complexity index is 588. The van der Waals surface area contributed by atoms with Gasteiger partial charge >= 0.3 is 0 Å². The Morgan fingerprint density at radius 1 is 1.33 bits per heavy atom. The van der Waals surface area contributed by atoms with Gasteiger partial charge in [0, 0.05) is 13.7 Å². The van der Waals surface area contributed by atoms with Crippen LogP contribution in [0.4, 0.5) is 5.69 Å². The zero-order chi connectivity index (χ0) is 15.3. The van der Waals surface area contributed by atoms with E-state index >= 15 is 0 Å². The van der Waals surface area contributed by atoms with Crippen LogP contribution in [0.15, 0.2) is 24.3 Å². The standard InChI is InChI=1S/C15H17N3O3/c1-21-9-8-17-13(19)15(6-7-15)14(20)18-12-5-3-2-4-11(12)10-16/h2-5H,6-9H2,1H3,(H,17,19)(H,18,20). The molecule has 1 aliphatic carbocycles. The number of hydrogen-bond donors (Lipinski definition) is 2. The lowest BCUT2D eigenvalue weighted by atomic mass is 10.0. The van der Waals surface area contributed by atoms with Crippen molar-refractivity contribution < 1.29 is 14.3 Å². The molecule has 1 aliphatic rings. The molecule has 6 heteroatoms. The van der Waals surface area contributed by atoms with E-state index in [1.54, 1.807) is 31.4 Å². The van der Waals surface area contributed by atoms with Gasteiger partial charge in [0.15, 0.2) is 0 Å². The number of para-hydroxylation sites is 1. The summed E-state index contributed by atoms with van der Waals surface area (Å²) in [5, 5.41) is 14.4. The first-order chi connectivity index (χ1) is 10.1. The third kappa shape index (κ3) is 3.20. The first-order valence-corrected chi connectivity index (χ1v) is 6.72. The van der Waals surface area contributed by atoms with E-state index in [-0.39, 0.29) is 11.8 Å². The third-order valence-electron chi connectivity index (χ3n) is 3.51. The minimum atomic E-state index is -1.00. The minimum absolute atomic E-state index is 0.286. The summed E-state index contributed by atoms with van der Waals surface area (Å²) in [6.45, 7) is 0.778. The van der Waals surface area contributed by atoms with E-state index in [0.717, 1.165) is 0 Å². The second kappa shape index (κ2) is 6.37. The fraction of sp³-hybridized carbons (Fsp3) is 0.400. The van der Waals surface area contributed by atoms with Crippen LogP contribution in [0, 0.1) is 16.7 Å². The van der Waals surface area contributed by atoms with Crippen LogP contribution in [0.1, 0.15) is 18.4 Å². The Kier molecular flexibility index (Phi) is 4.55. The van der Waals surface area contributed by atoms with E-state index in [1.165, 1.54) is 0 Å². The topological polar surface area (TPSA) is 91.2 Å². The van der Waals surface area contributed by atoms with Gasteiger partial charge in [-0.2, -0.15) is 5.26 Å². The average Bonchev–Trinajstić information content (AvgIpc) is 3.29. The highest BCUT2D eigenvalue weighted by Gasteiger charge is 2.56. The monoisotopic (exact) mass is 287 g/mol. The summed E-state index contributed by atoms with van der Waals surface area (Å²) in [5.74, 6) is -0.647. The maximum atomic E-state index is 12.3. The zero-order valence-corrected chi connectivity index (χ0v) is 11.8. The molecule has 0 bridgehead atoms. The van der Waals surface area contributed by atoms with Gasteiger partial charge in [0.25, 0.3) is 0 Å². The lowest BCUT2D eigenvalue weighted by Gasteiger charge is -2.15. The molecule has 1 aromatic rings. The number of anilines is 1. The van der Waals surface area contributed by atoms with E-state index in [9.17, 15) is 9.59 Å². The number of carbonyl (C=O) groups excluding carboxylic acids is 2. The van der Waals surface area contributed by atoms with Crippen LogP contribution in [0.25, 0.3) is 0 Å². The molecule has 2 N–H and O–H groups in total. The van der Waals surface area contributed by atoms with Crippen molar-refractivity contribution in [3.8, 4) is 6.07 Å². The smallest absolute Gasteiger partial charge is 0.240 e. The second-order valence-corrected chi connectivity index (χ2v) is 4.94. The molecule has 0 atom stereocenters. The Balaban J connectivity index is 2.03. The second-order valence-electron chi connectivity index (χ2n) is 4.94. The predicted octanol–water partition coefficient (Wildman–Crippen LogP) is 1.04. The number of rotatable bonds is 6. The lowest BCUT2D eigenvalue weighted by molar-refractivity contribution is -0.134. The van der Waals surface area contributed by atoms with Crippen LogP contribution in [0.2, 0.25) is 0 Å². The summed E-state index contributed by atoms with van der Waals surface area (Å²) in [4.78, 5) is 24.4.